The molecule has 34 heavy (non-hydrogen) atoms. The molecule has 174 valence electrons. The number of carbonyl (C=O) groups excluding carboxylic acids is 2. The van der Waals surface area contributed by atoms with E-state index in [1.165, 1.54) is 6.08 Å². The number of rotatable bonds is 4. The van der Waals surface area contributed by atoms with Crippen LogP contribution in [-0.2, 0) is 4.79 Å². The second kappa shape index (κ2) is 9.99. The molecule has 1 aliphatic rings. The number of aryl methyl sites for hydroxylation is 1. The number of likely N-dealkylation sites (tertiary alicyclic amines) is 1. The van der Waals surface area contributed by atoms with Crippen LogP contribution >= 0.6 is 0 Å². The third-order valence-corrected chi connectivity index (χ3v) is 5.54. The molecule has 1 aliphatic heterocycles. The van der Waals surface area contributed by atoms with Gasteiger partial charge in [-0.1, -0.05) is 6.58 Å². The molecule has 0 atom stereocenters. The molecule has 1 fully saturated rings. The maximum atomic E-state index is 12.1. The zero-order valence-corrected chi connectivity index (χ0v) is 18.9. The van der Waals surface area contributed by atoms with Gasteiger partial charge >= 0.3 is 0 Å². The largest absolute Gasteiger partial charge is 0.366 e. The summed E-state index contributed by atoms with van der Waals surface area (Å²) in [5, 5.41) is 13.5. The van der Waals surface area contributed by atoms with Gasteiger partial charge < -0.3 is 16.0 Å². The van der Waals surface area contributed by atoms with Gasteiger partial charge in [-0.2, -0.15) is 10.1 Å². The zero-order valence-electron chi connectivity index (χ0n) is 18.9. The Morgan fingerprint density at radius 1 is 1.15 bits per heavy atom. The van der Waals surface area contributed by atoms with Crippen molar-refractivity contribution >= 4 is 29.1 Å². The van der Waals surface area contributed by atoms with E-state index in [1.54, 1.807) is 35.0 Å². The van der Waals surface area contributed by atoms with Crippen molar-refractivity contribution in [1.29, 1.82) is 0 Å². The minimum Gasteiger partial charge on any atom is -0.366 e. The van der Waals surface area contributed by atoms with Crippen molar-refractivity contribution in [2.75, 3.05) is 24.1 Å². The average molecular weight is 459 g/mol. The van der Waals surface area contributed by atoms with E-state index in [9.17, 15) is 9.59 Å². The van der Waals surface area contributed by atoms with Crippen LogP contribution in [0.5, 0.6) is 0 Å². The van der Waals surface area contributed by atoms with Crippen LogP contribution < -0.4 is 11.1 Å². The fourth-order valence-electron chi connectivity index (χ4n) is 3.78. The van der Waals surface area contributed by atoms with Crippen LogP contribution in [0.2, 0.25) is 0 Å². The molecule has 4 aromatic rings. The summed E-state index contributed by atoms with van der Waals surface area (Å²) >= 11 is 0. The van der Waals surface area contributed by atoms with Crippen molar-refractivity contribution in [1.82, 2.24) is 29.7 Å². The smallest absolute Gasteiger partial charge is 0.253 e. The Balaban J connectivity index is 0.000000162. The Bertz CT molecular complexity index is 1300. The number of aromatic amines is 1. The highest BCUT2D eigenvalue weighted by Gasteiger charge is 2.19. The number of carbonyl (C=O) groups is 2. The second-order valence-corrected chi connectivity index (χ2v) is 7.83. The van der Waals surface area contributed by atoms with E-state index in [-0.39, 0.29) is 17.8 Å². The molecule has 5 rings (SSSR count). The molecular weight excluding hydrogens is 432 g/mol. The fraction of sp³-hybridized carbons (Fsp3) is 0.208. The van der Waals surface area contributed by atoms with E-state index in [1.807, 2.05) is 30.2 Å². The van der Waals surface area contributed by atoms with Crippen LogP contribution in [0.1, 0.15) is 28.9 Å². The molecule has 4 N–H and O–H groups in total. The summed E-state index contributed by atoms with van der Waals surface area (Å²) in [5.74, 6) is 0.0927. The maximum Gasteiger partial charge on any atom is 0.253 e. The highest BCUT2D eigenvalue weighted by atomic mass is 16.2. The fourth-order valence-corrected chi connectivity index (χ4v) is 3.78. The molecule has 0 aliphatic carbocycles. The monoisotopic (exact) mass is 458 g/mol. The topological polar surface area (TPSA) is 134 Å². The Morgan fingerprint density at radius 2 is 1.88 bits per heavy atom. The second-order valence-electron chi connectivity index (χ2n) is 7.83. The molecule has 0 radical (unpaired) electrons. The van der Waals surface area contributed by atoms with Crippen molar-refractivity contribution in [3.63, 3.8) is 0 Å². The van der Waals surface area contributed by atoms with Gasteiger partial charge in [-0.25, -0.2) is 4.52 Å². The van der Waals surface area contributed by atoms with E-state index < -0.39 is 0 Å². The minimum absolute atomic E-state index is 0.0640. The van der Waals surface area contributed by atoms with Gasteiger partial charge in [0.1, 0.15) is 0 Å². The number of nitrogen functional groups attached to an aromatic ring is 1. The normalized spacial score (nSPS) is 12.8. The van der Waals surface area contributed by atoms with E-state index >= 15 is 0 Å². The van der Waals surface area contributed by atoms with E-state index in [2.05, 4.69) is 32.2 Å². The van der Waals surface area contributed by atoms with Gasteiger partial charge in [0.05, 0.1) is 6.20 Å². The van der Waals surface area contributed by atoms with Gasteiger partial charge in [0.25, 0.3) is 5.91 Å². The summed E-state index contributed by atoms with van der Waals surface area (Å²) in [6.45, 7) is 7.04. The minimum atomic E-state index is -0.256. The van der Waals surface area contributed by atoms with Gasteiger partial charge in [0, 0.05) is 47.4 Å². The standard InChI is InChI=1S/C14H16N2O2.C10H10N6/c1-2-13(17)15-12-7-5-11(6-8-12)14(18)16-9-3-4-10-16;1-6-8(7-4-12-13-5-7)2-3-9-14-10(11)15-16(6)9/h2,5-8H,1,3-4,9-10H2,(H,15,17);2-5H,1H3,(H2,11,15)(H,12,13). The van der Waals surface area contributed by atoms with Gasteiger partial charge in [-0.05, 0) is 62.2 Å². The average Bonchev–Trinajstić information content (AvgIpc) is 3.62. The van der Waals surface area contributed by atoms with E-state index in [4.69, 9.17) is 5.73 Å². The van der Waals surface area contributed by atoms with Crippen molar-refractivity contribution in [2.24, 2.45) is 0 Å². The molecule has 0 spiro atoms. The summed E-state index contributed by atoms with van der Waals surface area (Å²) in [6, 6.07) is 10.8. The third-order valence-electron chi connectivity index (χ3n) is 5.54. The van der Waals surface area contributed by atoms with E-state index in [0.717, 1.165) is 48.4 Å². The summed E-state index contributed by atoms with van der Waals surface area (Å²) in [4.78, 5) is 29.1. The van der Waals surface area contributed by atoms with Crippen molar-refractivity contribution < 1.29 is 9.59 Å². The van der Waals surface area contributed by atoms with Crippen LogP contribution in [0, 0.1) is 6.92 Å². The first kappa shape index (κ1) is 22.7. The number of aromatic nitrogens is 5. The number of nitrogens with one attached hydrogen (secondary N) is 2. The Kier molecular flexibility index (Phi) is 6.67. The number of amides is 2. The number of benzene rings is 1. The Hall–Kier alpha value is -4.47. The first-order valence-corrected chi connectivity index (χ1v) is 10.9. The summed E-state index contributed by atoms with van der Waals surface area (Å²) in [6.07, 6.45) is 6.99. The Morgan fingerprint density at radius 3 is 2.53 bits per heavy atom. The van der Waals surface area contributed by atoms with Crippen LogP contribution in [0.25, 0.3) is 16.8 Å². The molecule has 1 aromatic carbocycles. The summed E-state index contributed by atoms with van der Waals surface area (Å²) in [7, 11) is 0. The molecule has 1 saturated heterocycles. The number of anilines is 2. The number of pyridine rings is 1. The van der Waals surface area contributed by atoms with Gasteiger partial charge in [0.2, 0.25) is 11.9 Å². The number of nitrogens with zero attached hydrogens (tertiary/aromatic N) is 5. The molecule has 0 bridgehead atoms. The molecule has 0 saturated carbocycles. The molecule has 0 unspecified atom stereocenters. The molecule has 4 heterocycles. The number of hydrogen-bond acceptors (Lipinski definition) is 6. The van der Waals surface area contributed by atoms with Crippen molar-refractivity contribution in [2.45, 2.75) is 19.8 Å². The predicted octanol–water partition coefficient (Wildman–Crippen LogP) is 3.06. The molecular formula is C24H26N8O2. The zero-order chi connectivity index (χ0) is 24.1. The van der Waals surface area contributed by atoms with Crippen LogP contribution in [-0.4, -0.2) is 54.6 Å². The van der Waals surface area contributed by atoms with Crippen LogP contribution in [0.15, 0.2) is 61.4 Å². The maximum absolute atomic E-state index is 12.1. The lowest BCUT2D eigenvalue weighted by molar-refractivity contribution is -0.111. The quantitative estimate of drug-likeness (QED) is 0.402. The number of hydrogen-bond donors (Lipinski definition) is 3. The number of nitrogens with two attached hydrogens (primary N) is 1. The summed E-state index contributed by atoms with van der Waals surface area (Å²) in [5.41, 5.74) is 10.7. The first-order chi connectivity index (χ1) is 16.5. The lowest BCUT2D eigenvalue weighted by Gasteiger charge is -2.15. The van der Waals surface area contributed by atoms with Crippen molar-refractivity contribution in [3.05, 3.63) is 72.7 Å². The van der Waals surface area contributed by atoms with Gasteiger partial charge in [-0.3, -0.25) is 14.7 Å². The highest BCUT2D eigenvalue weighted by Crippen LogP contribution is 2.23. The Labute approximate surface area is 196 Å². The molecule has 3 aromatic heterocycles. The predicted molar refractivity (Wildman–Crippen MR) is 130 cm³/mol. The van der Waals surface area contributed by atoms with E-state index in [0.29, 0.717) is 11.3 Å². The molecule has 10 nitrogen and oxygen atoms in total. The number of fused-ring (bicyclic) bond motifs is 1. The SMILES string of the molecule is C=CC(=O)Nc1ccc(C(=O)N2CCCC2)cc1.Cc1c(-c2cn[nH]c2)ccc2nc(N)nn12. The first-order valence-electron chi connectivity index (χ1n) is 10.9. The lowest BCUT2D eigenvalue weighted by Crippen LogP contribution is -2.27. The third kappa shape index (κ3) is 4.96. The van der Waals surface area contributed by atoms with Crippen molar-refractivity contribution in [3.8, 4) is 11.1 Å². The highest BCUT2D eigenvalue weighted by molar-refractivity contribution is 5.99. The van der Waals surface area contributed by atoms with Crippen LogP contribution in [0.4, 0.5) is 11.6 Å². The number of H-pyrrole nitrogens is 1. The molecule has 10 heteroatoms. The van der Waals surface area contributed by atoms with Crippen LogP contribution in [0.3, 0.4) is 0 Å². The summed E-state index contributed by atoms with van der Waals surface area (Å²) < 4.78 is 1.73. The van der Waals surface area contributed by atoms with Gasteiger partial charge in [-0.15, -0.1) is 5.10 Å². The molecule has 2 amide bonds. The lowest BCUT2D eigenvalue weighted by atomic mass is 10.1. The van der Waals surface area contributed by atoms with Gasteiger partial charge in [0.15, 0.2) is 5.65 Å².